The number of amides is 1. The van der Waals surface area contributed by atoms with Crippen LogP contribution in [0.2, 0.25) is 0 Å². The molecular formula is C11H18N4O. The van der Waals surface area contributed by atoms with Gasteiger partial charge in [-0.25, -0.2) is 0 Å². The zero-order valence-corrected chi connectivity index (χ0v) is 9.43. The summed E-state index contributed by atoms with van der Waals surface area (Å²) in [7, 11) is 0. The van der Waals surface area contributed by atoms with Gasteiger partial charge in [0.25, 0.3) is 0 Å². The van der Waals surface area contributed by atoms with Gasteiger partial charge in [0.1, 0.15) is 0 Å². The minimum atomic E-state index is 0.155. The number of allylic oxidation sites excluding steroid dienone is 2. The van der Waals surface area contributed by atoms with E-state index in [4.69, 9.17) is 5.53 Å². The van der Waals surface area contributed by atoms with Crippen LogP contribution in [0.25, 0.3) is 10.4 Å². The molecule has 0 spiro atoms. The molecule has 1 atom stereocenters. The average Bonchev–Trinajstić information content (AvgIpc) is 2.34. The molecule has 16 heavy (non-hydrogen) atoms. The maximum atomic E-state index is 11.7. The van der Waals surface area contributed by atoms with Crippen molar-refractivity contribution in [1.29, 1.82) is 0 Å². The van der Waals surface area contributed by atoms with Crippen LogP contribution in [0, 0.1) is 5.92 Å². The highest BCUT2D eigenvalue weighted by Crippen LogP contribution is 2.17. The van der Waals surface area contributed by atoms with E-state index in [9.17, 15) is 4.79 Å². The van der Waals surface area contributed by atoms with E-state index in [1.54, 1.807) is 0 Å². The molecule has 0 saturated carbocycles. The van der Waals surface area contributed by atoms with Gasteiger partial charge in [-0.05, 0) is 37.6 Å². The fourth-order valence-corrected chi connectivity index (χ4v) is 1.74. The van der Waals surface area contributed by atoms with Crippen molar-refractivity contribution in [2.24, 2.45) is 11.0 Å². The number of rotatable bonds is 6. The first kappa shape index (κ1) is 12.6. The fraction of sp³-hybridized carbons (Fsp3) is 0.727. The Bertz CT molecular complexity index is 294. The van der Waals surface area contributed by atoms with E-state index in [1.807, 2.05) is 0 Å². The first-order valence-electron chi connectivity index (χ1n) is 5.78. The fourth-order valence-electron chi connectivity index (χ4n) is 1.74. The van der Waals surface area contributed by atoms with E-state index >= 15 is 0 Å². The van der Waals surface area contributed by atoms with Gasteiger partial charge in [0.15, 0.2) is 0 Å². The molecule has 5 heteroatoms. The molecule has 0 aromatic rings. The largest absolute Gasteiger partial charge is 0.356 e. The lowest BCUT2D eigenvalue weighted by atomic mass is 9.94. The third-order valence-electron chi connectivity index (χ3n) is 2.69. The Morgan fingerprint density at radius 3 is 3.06 bits per heavy atom. The molecule has 5 nitrogen and oxygen atoms in total. The summed E-state index contributed by atoms with van der Waals surface area (Å²) in [6.07, 6.45) is 8.74. The highest BCUT2D eigenvalue weighted by molar-refractivity contribution is 5.78. The maximum absolute atomic E-state index is 11.7. The first-order valence-corrected chi connectivity index (χ1v) is 5.78. The predicted octanol–water partition coefficient (Wildman–Crippen LogP) is 2.55. The molecule has 1 N–H and O–H groups in total. The zero-order valence-electron chi connectivity index (χ0n) is 9.43. The van der Waals surface area contributed by atoms with Gasteiger partial charge in [0.2, 0.25) is 5.91 Å². The predicted molar refractivity (Wildman–Crippen MR) is 62.7 cm³/mol. The van der Waals surface area contributed by atoms with E-state index in [0.29, 0.717) is 13.1 Å². The number of nitrogens with one attached hydrogen (secondary N) is 1. The molecule has 1 aliphatic carbocycles. The average molecular weight is 222 g/mol. The lowest BCUT2D eigenvalue weighted by Crippen LogP contribution is -2.31. The van der Waals surface area contributed by atoms with Crippen LogP contribution in [0.15, 0.2) is 17.3 Å². The van der Waals surface area contributed by atoms with Crippen LogP contribution in [0.3, 0.4) is 0 Å². The Morgan fingerprint density at radius 2 is 2.38 bits per heavy atom. The van der Waals surface area contributed by atoms with Crippen molar-refractivity contribution in [3.05, 3.63) is 22.6 Å². The van der Waals surface area contributed by atoms with Crippen molar-refractivity contribution < 1.29 is 4.79 Å². The standard InChI is InChI=1S/C11H18N4O/c12-15-14-9-5-4-8-13-11(16)10-6-2-1-3-7-10/h1-2,10H,3-9H2,(H,13,16). The van der Waals surface area contributed by atoms with Crippen molar-refractivity contribution in [2.45, 2.75) is 32.1 Å². The molecule has 1 unspecified atom stereocenters. The Morgan fingerprint density at radius 1 is 1.50 bits per heavy atom. The second kappa shape index (κ2) is 7.77. The number of unbranched alkanes of at least 4 members (excludes halogenated alkanes) is 1. The number of nitrogens with zero attached hydrogens (tertiary/aromatic N) is 3. The van der Waals surface area contributed by atoms with Gasteiger partial charge < -0.3 is 5.32 Å². The van der Waals surface area contributed by atoms with Gasteiger partial charge >= 0.3 is 0 Å². The second-order valence-corrected chi connectivity index (χ2v) is 3.93. The van der Waals surface area contributed by atoms with Crippen LogP contribution in [0.4, 0.5) is 0 Å². The van der Waals surface area contributed by atoms with E-state index < -0.39 is 0 Å². The van der Waals surface area contributed by atoms with Crippen molar-refractivity contribution in [3.63, 3.8) is 0 Å². The van der Waals surface area contributed by atoms with Gasteiger partial charge in [-0.2, -0.15) is 0 Å². The molecule has 0 aliphatic heterocycles. The summed E-state index contributed by atoms with van der Waals surface area (Å²) in [5.41, 5.74) is 8.06. The number of hydrogen-bond donors (Lipinski definition) is 1. The van der Waals surface area contributed by atoms with Gasteiger partial charge in [0, 0.05) is 23.9 Å². The van der Waals surface area contributed by atoms with Gasteiger partial charge in [-0.15, -0.1) is 0 Å². The van der Waals surface area contributed by atoms with Crippen LogP contribution in [-0.2, 0) is 4.79 Å². The molecule has 1 rings (SSSR count). The molecule has 0 aromatic heterocycles. The highest BCUT2D eigenvalue weighted by atomic mass is 16.1. The molecule has 0 aromatic carbocycles. The molecule has 0 heterocycles. The van der Waals surface area contributed by atoms with Crippen molar-refractivity contribution in [2.75, 3.05) is 13.1 Å². The molecular weight excluding hydrogens is 204 g/mol. The Labute approximate surface area is 95.5 Å². The Hall–Kier alpha value is -1.48. The molecule has 0 saturated heterocycles. The summed E-state index contributed by atoms with van der Waals surface area (Å²) >= 11 is 0. The monoisotopic (exact) mass is 222 g/mol. The third kappa shape index (κ3) is 4.84. The number of hydrogen-bond acceptors (Lipinski definition) is 2. The lowest BCUT2D eigenvalue weighted by Gasteiger charge is -2.16. The minimum Gasteiger partial charge on any atom is -0.356 e. The van der Waals surface area contributed by atoms with Crippen molar-refractivity contribution in [3.8, 4) is 0 Å². The summed E-state index contributed by atoms with van der Waals surface area (Å²) < 4.78 is 0. The molecule has 0 bridgehead atoms. The minimum absolute atomic E-state index is 0.155. The highest BCUT2D eigenvalue weighted by Gasteiger charge is 2.17. The Kier molecular flexibility index (Phi) is 6.11. The number of azide groups is 1. The van der Waals surface area contributed by atoms with Gasteiger partial charge in [-0.1, -0.05) is 17.3 Å². The summed E-state index contributed by atoms with van der Waals surface area (Å²) in [5.74, 6) is 0.315. The van der Waals surface area contributed by atoms with Gasteiger partial charge in [-0.3, -0.25) is 4.79 Å². The topological polar surface area (TPSA) is 77.9 Å². The van der Waals surface area contributed by atoms with Crippen molar-refractivity contribution >= 4 is 5.91 Å². The van der Waals surface area contributed by atoms with Crippen LogP contribution in [0.5, 0.6) is 0 Å². The van der Waals surface area contributed by atoms with E-state index in [1.165, 1.54) is 0 Å². The molecule has 0 radical (unpaired) electrons. The number of carbonyl (C=O) groups excluding carboxylic acids is 1. The van der Waals surface area contributed by atoms with Crippen LogP contribution < -0.4 is 5.32 Å². The Balaban J connectivity index is 2.05. The quantitative estimate of drug-likeness (QED) is 0.242. The van der Waals surface area contributed by atoms with E-state index in [0.717, 1.165) is 32.1 Å². The van der Waals surface area contributed by atoms with E-state index in [2.05, 4.69) is 27.5 Å². The molecule has 1 aliphatic rings. The summed E-state index contributed by atoms with van der Waals surface area (Å²) in [4.78, 5) is 14.3. The first-order chi connectivity index (χ1) is 7.84. The smallest absolute Gasteiger partial charge is 0.223 e. The molecule has 88 valence electrons. The van der Waals surface area contributed by atoms with Crippen molar-refractivity contribution in [1.82, 2.24) is 5.32 Å². The lowest BCUT2D eigenvalue weighted by molar-refractivity contribution is -0.125. The second-order valence-electron chi connectivity index (χ2n) is 3.93. The molecule has 1 amide bonds. The maximum Gasteiger partial charge on any atom is 0.223 e. The van der Waals surface area contributed by atoms with Crippen LogP contribution >= 0.6 is 0 Å². The number of carbonyl (C=O) groups is 1. The SMILES string of the molecule is [N-]=[N+]=NCCCCNC(=O)C1CC=CCC1. The zero-order chi connectivity index (χ0) is 11.6. The third-order valence-corrected chi connectivity index (χ3v) is 2.69. The van der Waals surface area contributed by atoms with Crippen LogP contribution in [-0.4, -0.2) is 19.0 Å². The summed E-state index contributed by atoms with van der Waals surface area (Å²) in [6.45, 7) is 1.19. The van der Waals surface area contributed by atoms with Gasteiger partial charge in [0.05, 0.1) is 0 Å². The normalized spacial score (nSPS) is 18.9. The molecule has 0 fully saturated rings. The summed E-state index contributed by atoms with van der Waals surface area (Å²) in [6, 6.07) is 0. The van der Waals surface area contributed by atoms with E-state index in [-0.39, 0.29) is 11.8 Å². The van der Waals surface area contributed by atoms with Crippen LogP contribution in [0.1, 0.15) is 32.1 Å². The summed E-state index contributed by atoms with van der Waals surface area (Å²) in [5, 5.41) is 6.36.